The van der Waals surface area contributed by atoms with Crippen LogP contribution in [0.25, 0.3) is 6.08 Å². The number of nitrogens with one attached hydrogen (secondary N) is 1. The molecular weight excluding hydrogens is 442 g/mol. The molecule has 4 rings (SSSR count). The molecule has 1 heterocycles. The van der Waals surface area contributed by atoms with Gasteiger partial charge < -0.3 is 9.64 Å². The molecule has 0 unspecified atom stereocenters. The molecule has 1 aliphatic carbocycles. The predicted molar refractivity (Wildman–Crippen MR) is 123 cm³/mol. The Kier molecular flexibility index (Phi) is 6.77. The van der Waals surface area contributed by atoms with Crippen molar-refractivity contribution in [1.82, 2.24) is 10.3 Å². The monoisotopic (exact) mass is 465 g/mol. The van der Waals surface area contributed by atoms with Crippen LogP contribution in [0.4, 0.5) is 0 Å². The SMILES string of the molecule is O=C(N/N=C\C1=C(N2CCOCC2)C(=C/c2ccccc2)/CC1)c1ccccc1Br. The lowest BCUT2D eigenvalue weighted by molar-refractivity contribution is 0.0548. The third-order valence-electron chi connectivity index (χ3n) is 5.24. The van der Waals surface area contributed by atoms with Crippen molar-refractivity contribution in [2.24, 2.45) is 5.10 Å². The summed E-state index contributed by atoms with van der Waals surface area (Å²) in [6.07, 6.45) is 5.91. The Morgan fingerprint density at radius 3 is 2.53 bits per heavy atom. The van der Waals surface area contributed by atoms with E-state index < -0.39 is 0 Å². The third kappa shape index (κ3) is 4.89. The van der Waals surface area contributed by atoms with Crippen LogP contribution in [0.15, 0.2) is 81.0 Å². The number of nitrogens with zero attached hydrogens (tertiary/aromatic N) is 2. The van der Waals surface area contributed by atoms with E-state index in [2.05, 4.69) is 61.7 Å². The highest BCUT2D eigenvalue weighted by atomic mass is 79.9. The van der Waals surface area contributed by atoms with Gasteiger partial charge in [-0.1, -0.05) is 42.5 Å². The maximum Gasteiger partial charge on any atom is 0.272 e. The first-order valence-electron chi connectivity index (χ1n) is 10.1. The molecule has 1 saturated heterocycles. The number of hydrogen-bond donors (Lipinski definition) is 1. The number of halogens is 1. The zero-order chi connectivity index (χ0) is 20.8. The van der Waals surface area contributed by atoms with Gasteiger partial charge in [-0.15, -0.1) is 0 Å². The van der Waals surface area contributed by atoms with E-state index in [0.29, 0.717) is 5.56 Å². The Morgan fingerprint density at radius 2 is 1.77 bits per heavy atom. The standard InChI is InChI=1S/C24H24BrN3O2/c25-22-9-5-4-8-21(22)24(29)27-26-17-20-11-10-19(16-18-6-2-1-3-7-18)23(20)28-12-14-30-15-13-28/h1-9,16-17H,10-15H2,(H,27,29)/b19-16+,26-17-. The minimum Gasteiger partial charge on any atom is -0.378 e. The lowest BCUT2D eigenvalue weighted by Gasteiger charge is -2.31. The molecule has 0 bridgehead atoms. The van der Waals surface area contributed by atoms with E-state index >= 15 is 0 Å². The van der Waals surface area contributed by atoms with Gasteiger partial charge in [0.2, 0.25) is 0 Å². The maximum absolute atomic E-state index is 12.4. The van der Waals surface area contributed by atoms with Crippen molar-refractivity contribution in [2.75, 3.05) is 26.3 Å². The first-order valence-corrected chi connectivity index (χ1v) is 10.9. The summed E-state index contributed by atoms with van der Waals surface area (Å²) in [5.74, 6) is -0.231. The Labute approximate surface area is 185 Å². The zero-order valence-corrected chi connectivity index (χ0v) is 18.3. The average Bonchev–Trinajstić information content (AvgIpc) is 3.17. The molecule has 2 aromatic carbocycles. The fraction of sp³-hybridized carbons (Fsp3) is 0.250. The summed E-state index contributed by atoms with van der Waals surface area (Å²) < 4.78 is 6.29. The van der Waals surface area contributed by atoms with E-state index in [9.17, 15) is 4.79 Å². The second-order valence-electron chi connectivity index (χ2n) is 7.23. The van der Waals surface area contributed by atoms with E-state index in [1.165, 1.54) is 16.8 Å². The Morgan fingerprint density at radius 1 is 1.03 bits per heavy atom. The van der Waals surface area contributed by atoms with Crippen LogP contribution in [0, 0.1) is 0 Å². The summed E-state index contributed by atoms with van der Waals surface area (Å²) in [6, 6.07) is 17.7. The Hall–Kier alpha value is -2.70. The highest BCUT2D eigenvalue weighted by Crippen LogP contribution is 2.35. The fourth-order valence-corrected chi connectivity index (χ4v) is 4.26. The van der Waals surface area contributed by atoms with Gasteiger partial charge in [0.1, 0.15) is 0 Å². The third-order valence-corrected chi connectivity index (χ3v) is 5.94. The normalized spacial score (nSPS) is 18.4. The van der Waals surface area contributed by atoms with Crippen molar-refractivity contribution in [3.05, 3.63) is 87.0 Å². The van der Waals surface area contributed by atoms with Crippen LogP contribution in [0.5, 0.6) is 0 Å². The minimum absolute atomic E-state index is 0.231. The number of carbonyl (C=O) groups is 1. The van der Waals surface area contributed by atoms with Crippen molar-refractivity contribution < 1.29 is 9.53 Å². The van der Waals surface area contributed by atoms with E-state index in [-0.39, 0.29) is 5.91 Å². The van der Waals surface area contributed by atoms with E-state index in [1.807, 2.05) is 24.3 Å². The highest BCUT2D eigenvalue weighted by Gasteiger charge is 2.25. The molecule has 154 valence electrons. The van der Waals surface area contributed by atoms with Gasteiger partial charge in [0.25, 0.3) is 5.91 Å². The fourth-order valence-electron chi connectivity index (χ4n) is 3.80. The number of benzene rings is 2. The van der Waals surface area contributed by atoms with Crippen LogP contribution in [0.2, 0.25) is 0 Å². The molecule has 0 spiro atoms. The summed E-state index contributed by atoms with van der Waals surface area (Å²) in [5, 5.41) is 4.27. The number of hydrogen-bond acceptors (Lipinski definition) is 4. The Bertz CT molecular complexity index is 993. The molecule has 0 aromatic heterocycles. The molecule has 6 heteroatoms. The first-order chi connectivity index (χ1) is 14.7. The van der Waals surface area contributed by atoms with Gasteiger partial charge in [-0.25, -0.2) is 5.43 Å². The summed E-state index contributed by atoms with van der Waals surface area (Å²) >= 11 is 3.41. The van der Waals surface area contributed by atoms with Gasteiger partial charge in [-0.2, -0.15) is 5.10 Å². The largest absolute Gasteiger partial charge is 0.378 e. The van der Waals surface area contributed by atoms with Crippen LogP contribution in [0.1, 0.15) is 28.8 Å². The number of allylic oxidation sites excluding steroid dienone is 2. The average molecular weight is 466 g/mol. The second-order valence-corrected chi connectivity index (χ2v) is 8.09. The highest BCUT2D eigenvalue weighted by molar-refractivity contribution is 9.10. The molecule has 1 fully saturated rings. The van der Waals surface area contributed by atoms with Crippen LogP contribution < -0.4 is 5.43 Å². The summed E-state index contributed by atoms with van der Waals surface area (Å²) in [7, 11) is 0. The molecule has 2 aromatic rings. The van der Waals surface area contributed by atoms with Crippen molar-refractivity contribution in [2.45, 2.75) is 12.8 Å². The van der Waals surface area contributed by atoms with Crippen molar-refractivity contribution in [3.63, 3.8) is 0 Å². The number of carbonyl (C=O) groups excluding carboxylic acids is 1. The second kappa shape index (κ2) is 9.87. The smallest absolute Gasteiger partial charge is 0.272 e. The van der Waals surface area contributed by atoms with Crippen LogP contribution >= 0.6 is 15.9 Å². The van der Waals surface area contributed by atoms with E-state index in [4.69, 9.17) is 4.74 Å². The molecule has 1 N–H and O–H groups in total. The van der Waals surface area contributed by atoms with Gasteiger partial charge in [0, 0.05) is 23.3 Å². The number of morpholine rings is 1. The van der Waals surface area contributed by atoms with Crippen molar-refractivity contribution >= 4 is 34.1 Å². The lowest BCUT2D eigenvalue weighted by atomic mass is 10.1. The molecular formula is C24H24BrN3O2. The molecule has 0 radical (unpaired) electrons. The zero-order valence-electron chi connectivity index (χ0n) is 16.7. The maximum atomic E-state index is 12.4. The molecule has 2 aliphatic rings. The Balaban J connectivity index is 1.57. The van der Waals surface area contributed by atoms with Gasteiger partial charge in [-0.3, -0.25) is 4.79 Å². The van der Waals surface area contributed by atoms with Gasteiger partial charge in [-0.05, 0) is 63.7 Å². The van der Waals surface area contributed by atoms with Crippen molar-refractivity contribution in [3.8, 4) is 0 Å². The molecule has 30 heavy (non-hydrogen) atoms. The lowest BCUT2D eigenvalue weighted by Crippen LogP contribution is -2.36. The minimum atomic E-state index is -0.231. The van der Waals surface area contributed by atoms with Crippen LogP contribution in [0.3, 0.4) is 0 Å². The predicted octanol–water partition coefficient (Wildman–Crippen LogP) is 4.63. The van der Waals surface area contributed by atoms with Crippen LogP contribution in [-0.4, -0.2) is 43.3 Å². The molecule has 0 atom stereocenters. The number of hydrazone groups is 1. The van der Waals surface area contributed by atoms with Crippen molar-refractivity contribution in [1.29, 1.82) is 0 Å². The molecule has 1 amide bonds. The van der Waals surface area contributed by atoms with E-state index in [0.717, 1.165) is 49.2 Å². The summed E-state index contributed by atoms with van der Waals surface area (Å²) in [6.45, 7) is 3.18. The number of ether oxygens (including phenoxy) is 1. The quantitative estimate of drug-likeness (QED) is 0.517. The van der Waals surface area contributed by atoms with Crippen LogP contribution in [-0.2, 0) is 4.74 Å². The first kappa shape index (κ1) is 20.6. The molecule has 0 saturated carbocycles. The molecule has 5 nitrogen and oxygen atoms in total. The topological polar surface area (TPSA) is 53.9 Å². The molecule has 1 aliphatic heterocycles. The summed E-state index contributed by atoms with van der Waals surface area (Å²) in [5.41, 5.74) is 8.09. The van der Waals surface area contributed by atoms with Gasteiger partial charge in [0.15, 0.2) is 0 Å². The van der Waals surface area contributed by atoms with Gasteiger partial charge >= 0.3 is 0 Å². The van der Waals surface area contributed by atoms with Gasteiger partial charge in [0.05, 0.1) is 25.0 Å². The summed E-state index contributed by atoms with van der Waals surface area (Å²) in [4.78, 5) is 14.8. The number of rotatable bonds is 5. The number of amides is 1. The van der Waals surface area contributed by atoms with E-state index in [1.54, 1.807) is 12.3 Å².